The topological polar surface area (TPSA) is 128 Å². The van der Waals surface area contributed by atoms with Crippen LogP contribution in [0.25, 0.3) is 10.9 Å². The molecule has 0 bridgehead atoms. The summed E-state index contributed by atoms with van der Waals surface area (Å²) in [5.41, 5.74) is 12.4. The van der Waals surface area contributed by atoms with Gasteiger partial charge in [-0.15, -0.1) is 0 Å². The zero-order valence-corrected chi connectivity index (χ0v) is 23.7. The van der Waals surface area contributed by atoms with Gasteiger partial charge in [0.15, 0.2) is 6.20 Å². The van der Waals surface area contributed by atoms with E-state index in [0.29, 0.717) is 55.3 Å². The summed E-state index contributed by atoms with van der Waals surface area (Å²) in [6.07, 6.45) is -1.94. The molecule has 41 heavy (non-hydrogen) atoms. The van der Waals surface area contributed by atoms with E-state index in [0.717, 1.165) is 23.0 Å². The van der Waals surface area contributed by atoms with E-state index in [9.17, 15) is 22.8 Å². The third-order valence-electron chi connectivity index (χ3n) is 6.67. The van der Waals surface area contributed by atoms with Crippen LogP contribution >= 0.6 is 12.2 Å². The molecule has 1 heterocycles. The summed E-state index contributed by atoms with van der Waals surface area (Å²) >= 11 is 5.51. The molecule has 0 aliphatic carbocycles. The van der Waals surface area contributed by atoms with E-state index in [1.165, 1.54) is 12.1 Å². The van der Waals surface area contributed by atoms with Gasteiger partial charge in [-0.1, -0.05) is 43.4 Å². The van der Waals surface area contributed by atoms with Crippen molar-refractivity contribution >= 4 is 45.6 Å². The van der Waals surface area contributed by atoms with Crippen LogP contribution in [0.4, 0.5) is 18.9 Å². The number of para-hydroxylation sites is 1. The van der Waals surface area contributed by atoms with E-state index in [2.05, 4.69) is 15.6 Å². The van der Waals surface area contributed by atoms with Crippen LogP contribution in [0.1, 0.15) is 30.9 Å². The number of hydrogen-bond donors (Lipinski definition) is 4. The quantitative estimate of drug-likeness (QED) is 0.227. The highest BCUT2D eigenvalue weighted by Crippen LogP contribution is 2.29. The number of thiocarbonyl (C=S) groups is 1. The fourth-order valence-electron chi connectivity index (χ4n) is 4.31. The van der Waals surface area contributed by atoms with Gasteiger partial charge < -0.3 is 27.0 Å². The summed E-state index contributed by atoms with van der Waals surface area (Å²) in [5.74, 6) is -1.35. The van der Waals surface area contributed by atoms with Crippen molar-refractivity contribution in [2.24, 2.45) is 17.4 Å². The first-order chi connectivity index (χ1) is 19.5. The molecule has 0 aliphatic rings. The Morgan fingerprint density at radius 2 is 1.68 bits per heavy atom. The SMILES string of the molecule is C[C@@H](CCC(=S)N(CCN)CCN)C(=O)N[C@H](Cc1ccc(C(F)(F)F)cc1)C(=O)Nc1c[nH+]c2ccccc2c1. The van der Waals surface area contributed by atoms with Crippen molar-refractivity contribution < 1.29 is 27.7 Å². The maximum absolute atomic E-state index is 13.4. The van der Waals surface area contributed by atoms with Crippen molar-refractivity contribution in [3.63, 3.8) is 0 Å². The van der Waals surface area contributed by atoms with E-state index < -0.39 is 29.6 Å². The Bertz CT molecular complexity index is 1330. The molecule has 2 atom stereocenters. The third kappa shape index (κ3) is 9.48. The summed E-state index contributed by atoms with van der Waals surface area (Å²) in [7, 11) is 0. The number of hydrogen-bond acceptors (Lipinski definition) is 5. The maximum atomic E-state index is 13.4. The van der Waals surface area contributed by atoms with Crippen molar-refractivity contribution in [2.75, 3.05) is 31.5 Å². The first-order valence-corrected chi connectivity index (χ1v) is 13.8. The number of fused-ring (bicyclic) bond motifs is 1. The minimum atomic E-state index is -4.48. The number of halogens is 3. The number of aromatic amines is 1. The van der Waals surface area contributed by atoms with Gasteiger partial charge in [0.25, 0.3) is 0 Å². The molecule has 7 N–H and O–H groups in total. The summed E-state index contributed by atoms with van der Waals surface area (Å²) < 4.78 is 39.1. The molecule has 12 heteroatoms. The van der Waals surface area contributed by atoms with E-state index in [1.54, 1.807) is 19.2 Å². The number of alkyl halides is 3. The number of carbonyl (C=O) groups excluding carboxylic acids is 2. The first-order valence-electron chi connectivity index (χ1n) is 13.4. The van der Waals surface area contributed by atoms with Crippen LogP contribution < -0.4 is 27.1 Å². The number of rotatable bonds is 13. The maximum Gasteiger partial charge on any atom is 0.416 e. The van der Waals surface area contributed by atoms with Crippen molar-refractivity contribution in [1.29, 1.82) is 0 Å². The molecule has 2 amide bonds. The number of H-pyrrole nitrogens is 1. The molecule has 0 spiro atoms. The second-order valence-corrected chi connectivity index (χ2v) is 10.3. The van der Waals surface area contributed by atoms with Gasteiger partial charge in [0.2, 0.25) is 17.3 Å². The number of anilines is 1. The molecule has 220 valence electrons. The Hall–Kier alpha value is -3.61. The molecule has 0 fully saturated rings. The Labute approximate surface area is 242 Å². The highest BCUT2D eigenvalue weighted by atomic mass is 32.1. The molecule has 3 rings (SSSR count). The van der Waals surface area contributed by atoms with Crippen molar-refractivity contribution in [2.45, 2.75) is 38.4 Å². The van der Waals surface area contributed by atoms with Crippen LogP contribution in [0.3, 0.4) is 0 Å². The summed E-state index contributed by atoms with van der Waals surface area (Å²) in [6.45, 7) is 3.72. The minimum Gasteiger partial charge on any atom is -0.364 e. The summed E-state index contributed by atoms with van der Waals surface area (Å²) in [4.78, 5) is 32.2. The molecule has 0 saturated heterocycles. The van der Waals surface area contributed by atoms with Gasteiger partial charge in [-0.25, -0.2) is 4.98 Å². The number of nitrogens with two attached hydrogens (primary N) is 2. The van der Waals surface area contributed by atoms with Crippen LogP contribution in [-0.2, 0) is 22.2 Å². The van der Waals surface area contributed by atoms with Crippen molar-refractivity contribution in [1.82, 2.24) is 10.2 Å². The minimum absolute atomic E-state index is 0.00108. The summed E-state index contributed by atoms with van der Waals surface area (Å²) in [5, 5.41) is 6.47. The van der Waals surface area contributed by atoms with Crippen LogP contribution in [0.5, 0.6) is 0 Å². The fourth-order valence-corrected chi connectivity index (χ4v) is 4.61. The largest absolute Gasteiger partial charge is 0.416 e. The second kappa shape index (κ2) is 14.9. The van der Waals surface area contributed by atoms with E-state index in [-0.39, 0.29) is 12.3 Å². The molecule has 0 saturated carbocycles. The van der Waals surface area contributed by atoms with Gasteiger partial charge >= 0.3 is 6.18 Å². The highest BCUT2D eigenvalue weighted by molar-refractivity contribution is 7.80. The number of nitrogens with one attached hydrogen (secondary N) is 3. The van der Waals surface area contributed by atoms with Gasteiger partial charge in [-0.3, -0.25) is 9.59 Å². The molecule has 8 nitrogen and oxygen atoms in total. The number of pyridine rings is 1. The average Bonchev–Trinajstić information content (AvgIpc) is 2.94. The normalized spacial score (nSPS) is 12.9. The molecular formula is C29H36F3N6O2S+. The second-order valence-electron chi connectivity index (χ2n) is 9.82. The number of aromatic nitrogens is 1. The lowest BCUT2D eigenvalue weighted by Gasteiger charge is -2.25. The fraction of sp³-hybridized carbons (Fsp3) is 0.379. The Morgan fingerprint density at radius 1 is 1.02 bits per heavy atom. The molecule has 1 aromatic heterocycles. The monoisotopic (exact) mass is 589 g/mol. The number of nitrogens with zero attached hydrogens (tertiary/aromatic N) is 1. The van der Waals surface area contributed by atoms with Gasteiger partial charge in [0.1, 0.15) is 11.7 Å². The predicted octanol–water partition coefficient (Wildman–Crippen LogP) is 3.30. The first kappa shape index (κ1) is 31.9. The molecular weight excluding hydrogens is 553 g/mol. The molecule has 0 aliphatic heterocycles. The van der Waals surface area contributed by atoms with Crippen LogP contribution in [0, 0.1) is 5.92 Å². The van der Waals surface area contributed by atoms with Gasteiger partial charge in [0.05, 0.1) is 10.6 Å². The number of carbonyl (C=O) groups is 2. The standard InChI is InChI=1S/C29H35F3N6O2S/c1-19(6-11-26(41)38(14-12-33)15-13-34)27(39)37-25(16-20-7-9-22(10-8-20)29(30,31)32)28(40)36-23-17-21-4-2-3-5-24(21)35-18-23/h2-5,7-10,17-19,25H,6,11-16,33-34H2,1H3,(H,36,40)(H,37,39)/p+1/t19-,25+/m0/s1. The van der Waals surface area contributed by atoms with E-state index >= 15 is 0 Å². The average molecular weight is 590 g/mol. The zero-order valence-electron chi connectivity index (χ0n) is 22.8. The van der Waals surface area contributed by atoms with Crippen molar-refractivity contribution in [3.05, 3.63) is 71.9 Å². The highest BCUT2D eigenvalue weighted by Gasteiger charge is 2.30. The summed E-state index contributed by atoms with van der Waals surface area (Å²) in [6, 6.07) is 12.8. The van der Waals surface area contributed by atoms with Crippen molar-refractivity contribution in [3.8, 4) is 0 Å². The Morgan fingerprint density at radius 3 is 2.32 bits per heavy atom. The van der Waals surface area contributed by atoms with E-state index in [4.69, 9.17) is 23.7 Å². The van der Waals surface area contributed by atoms with Crippen LogP contribution in [-0.4, -0.2) is 53.9 Å². The lowest BCUT2D eigenvalue weighted by atomic mass is 10.0. The molecule has 0 unspecified atom stereocenters. The number of amides is 2. The van der Waals surface area contributed by atoms with Gasteiger partial charge in [-0.05, 0) is 42.7 Å². The number of benzene rings is 2. The van der Waals surface area contributed by atoms with Crippen LogP contribution in [0.15, 0.2) is 60.8 Å². The molecule has 0 radical (unpaired) electrons. The van der Waals surface area contributed by atoms with Gasteiger partial charge in [0, 0.05) is 50.0 Å². The molecule has 3 aromatic rings. The van der Waals surface area contributed by atoms with Crippen LogP contribution in [0.2, 0.25) is 0 Å². The Balaban J connectivity index is 1.73. The van der Waals surface area contributed by atoms with Gasteiger partial charge in [-0.2, -0.15) is 13.2 Å². The van der Waals surface area contributed by atoms with E-state index in [1.807, 2.05) is 29.2 Å². The predicted molar refractivity (Wildman–Crippen MR) is 157 cm³/mol. The molecule has 2 aromatic carbocycles. The lowest BCUT2D eigenvalue weighted by molar-refractivity contribution is -0.343. The third-order valence-corrected chi connectivity index (χ3v) is 7.13. The smallest absolute Gasteiger partial charge is 0.364 e. The lowest BCUT2D eigenvalue weighted by Crippen LogP contribution is -2.47. The zero-order chi connectivity index (χ0) is 30.0. The Kier molecular flexibility index (Phi) is 11.6.